The average molecular weight is 276 g/mol. The minimum atomic E-state index is -1.60. The summed E-state index contributed by atoms with van der Waals surface area (Å²) < 4.78 is 6.14. The van der Waals surface area contributed by atoms with Gasteiger partial charge in [-0.2, -0.15) is 0 Å². The van der Waals surface area contributed by atoms with Crippen molar-refractivity contribution in [1.29, 1.82) is 0 Å². The largest absolute Gasteiger partial charge is 0.543 e. The molecular formula is C15H24N2OSi. The second-order valence-corrected chi connectivity index (χ2v) is 10.6. The third kappa shape index (κ3) is 4.38. The van der Waals surface area contributed by atoms with Gasteiger partial charge in [-0.1, -0.05) is 6.07 Å². The van der Waals surface area contributed by atoms with Crippen LogP contribution >= 0.6 is 0 Å². The predicted octanol–water partition coefficient (Wildman–Crippen LogP) is 3.96. The normalized spacial score (nSPS) is 16.3. The number of benzene rings is 1. The topological polar surface area (TPSA) is 24.8 Å². The van der Waals surface area contributed by atoms with Gasteiger partial charge in [-0.15, -0.1) is 0 Å². The first-order valence-electron chi connectivity index (χ1n) is 7.02. The van der Waals surface area contributed by atoms with E-state index in [1.54, 1.807) is 0 Å². The molecule has 1 fully saturated rings. The molecule has 2 rings (SSSR count). The van der Waals surface area contributed by atoms with E-state index in [2.05, 4.69) is 54.7 Å². The lowest BCUT2D eigenvalue weighted by atomic mass is 10.2. The molecule has 1 aliphatic rings. The summed E-state index contributed by atoms with van der Waals surface area (Å²) in [6.07, 6.45) is 4.52. The van der Waals surface area contributed by atoms with Crippen LogP contribution < -0.4 is 4.43 Å². The van der Waals surface area contributed by atoms with Crippen LogP contribution in [-0.2, 0) is 0 Å². The fourth-order valence-electron chi connectivity index (χ4n) is 2.14. The number of aryl methyl sites for hydroxylation is 1. The first-order valence-corrected chi connectivity index (χ1v) is 10.4. The van der Waals surface area contributed by atoms with Gasteiger partial charge < -0.3 is 9.33 Å². The fourth-order valence-corrected chi connectivity index (χ4v) is 2.96. The minimum Gasteiger partial charge on any atom is -0.543 e. The number of hydrogen-bond acceptors (Lipinski definition) is 2. The van der Waals surface area contributed by atoms with Gasteiger partial charge in [-0.25, -0.2) is 4.99 Å². The molecule has 1 heterocycles. The summed E-state index contributed by atoms with van der Waals surface area (Å²) in [5.74, 6) is 0.926. The van der Waals surface area contributed by atoms with Gasteiger partial charge >= 0.3 is 0 Å². The third-order valence-electron chi connectivity index (χ3n) is 3.03. The Labute approximate surface area is 117 Å². The molecule has 104 valence electrons. The number of rotatable bonds is 4. The summed E-state index contributed by atoms with van der Waals surface area (Å²) in [6.45, 7) is 10.9. The van der Waals surface area contributed by atoms with E-state index >= 15 is 0 Å². The molecule has 0 atom stereocenters. The standard InChI is InChI=1S/C15H24N2OSi/c1-13-7-8-14(15(11-13)18-19(2,3)4)16-12-17-9-5-6-10-17/h7-8,11-12H,5-6,9-10H2,1-4H3. The van der Waals surface area contributed by atoms with Crippen molar-refractivity contribution in [3.8, 4) is 5.75 Å². The number of nitrogens with zero attached hydrogens (tertiary/aromatic N) is 2. The summed E-state index contributed by atoms with van der Waals surface area (Å²) in [5, 5.41) is 0. The molecular weight excluding hydrogens is 252 g/mol. The van der Waals surface area contributed by atoms with E-state index in [1.807, 2.05) is 6.34 Å². The maximum atomic E-state index is 6.14. The molecule has 1 saturated heterocycles. The maximum Gasteiger partial charge on any atom is 0.242 e. The van der Waals surface area contributed by atoms with Gasteiger partial charge in [0.1, 0.15) is 11.4 Å². The van der Waals surface area contributed by atoms with E-state index in [0.29, 0.717) is 0 Å². The SMILES string of the molecule is Cc1ccc(N=CN2CCCC2)c(O[Si](C)(C)C)c1. The Kier molecular flexibility index (Phi) is 4.30. The second kappa shape index (κ2) is 5.78. The van der Waals surface area contributed by atoms with E-state index < -0.39 is 8.32 Å². The van der Waals surface area contributed by atoms with Gasteiger partial charge in [0.05, 0.1) is 6.34 Å². The van der Waals surface area contributed by atoms with Crippen molar-refractivity contribution >= 4 is 20.3 Å². The molecule has 0 aliphatic carbocycles. The van der Waals surface area contributed by atoms with Crippen LogP contribution in [0.2, 0.25) is 19.6 Å². The zero-order valence-electron chi connectivity index (χ0n) is 12.4. The lowest BCUT2D eigenvalue weighted by Gasteiger charge is -2.21. The highest BCUT2D eigenvalue weighted by Gasteiger charge is 2.18. The van der Waals surface area contributed by atoms with Crippen LogP contribution in [-0.4, -0.2) is 32.6 Å². The van der Waals surface area contributed by atoms with Gasteiger partial charge in [0.25, 0.3) is 0 Å². The molecule has 1 aliphatic heterocycles. The lowest BCUT2D eigenvalue weighted by molar-refractivity contribution is 0.534. The first kappa shape index (κ1) is 14.1. The van der Waals surface area contributed by atoms with Crippen LogP contribution in [0.15, 0.2) is 23.2 Å². The van der Waals surface area contributed by atoms with Gasteiger partial charge in [-0.3, -0.25) is 0 Å². The Hall–Kier alpha value is -1.29. The van der Waals surface area contributed by atoms with E-state index in [0.717, 1.165) is 24.5 Å². The average Bonchev–Trinajstić information content (AvgIpc) is 2.78. The van der Waals surface area contributed by atoms with Crippen molar-refractivity contribution < 1.29 is 4.43 Å². The van der Waals surface area contributed by atoms with E-state index in [4.69, 9.17) is 4.43 Å². The molecule has 1 aromatic rings. The minimum absolute atomic E-state index is 0.926. The molecule has 19 heavy (non-hydrogen) atoms. The molecule has 4 heteroatoms. The zero-order valence-corrected chi connectivity index (χ0v) is 13.4. The molecule has 0 saturated carbocycles. The Morgan fingerprint density at radius 2 is 1.89 bits per heavy atom. The number of hydrogen-bond donors (Lipinski definition) is 0. The van der Waals surface area contributed by atoms with Crippen molar-refractivity contribution in [3.63, 3.8) is 0 Å². The predicted molar refractivity (Wildman–Crippen MR) is 84.1 cm³/mol. The smallest absolute Gasteiger partial charge is 0.242 e. The molecule has 1 aromatic carbocycles. The van der Waals surface area contributed by atoms with E-state index in [9.17, 15) is 0 Å². The second-order valence-electron chi connectivity index (χ2n) is 6.17. The Morgan fingerprint density at radius 3 is 2.53 bits per heavy atom. The molecule has 0 amide bonds. The van der Waals surface area contributed by atoms with Crippen LogP contribution in [0.4, 0.5) is 5.69 Å². The van der Waals surface area contributed by atoms with Gasteiger partial charge in [0.2, 0.25) is 8.32 Å². The van der Waals surface area contributed by atoms with E-state index in [1.165, 1.54) is 18.4 Å². The molecule has 0 unspecified atom stereocenters. The molecule has 0 N–H and O–H groups in total. The molecule has 0 aromatic heterocycles. The highest BCUT2D eigenvalue weighted by molar-refractivity contribution is 6.70. The molecule has 0 spiro atoms. The zero-order chi connectivity index (χ0) is 13.9. The van der Waals surface area contributed by atoms with Crippen molar-refractivity contribution in [2.45, 2.75) is 39.4 Å². The lowest BCUT2D eigenvalue weighted by Crippen LogP contribution is -2.29. The maximum absolute atomic E-state index is 6.14. The fraction of sp³-hybridized carbons (Fsp3) is 0.533. The molecule has 3 nitrogen and oxygen atoms in total. The van der Waals surface area contributed by atoms with Crippen LogP contribution in [0.1, 0.15) is 18.4 Å². The van der Waals surface area contributed by atoms with Gasteiger partial charge in [0.15, 0.2) is 0 Å². The summed E-state index contributed by atoms with van der Waals surface area (Å²) in [4.78, 5) is 6.89. The van der Waals surface area contributed by atoms with Gasteiger partial charge in [-0.05, 0) is 57.1 Å². The number of aliphatic imine (C=N–C) groups is 1. The van der Waals surface area contributed by atoms with Crippen molar-refractivity contribution in [2.24, 2.45) is 4.99 Å². The molecule has 0 bridgehead atoms. The summed E-state index contributed by atoms with van der Waals surface area (Å²) in [5.41, 5.74) is 2.16. The van der Waals surface area contributed by atoms with Crippen LogP contribution in [0.3, 0.4) is 0 Å². The highest BCUT2D eigenvalue weighted by Crippen LogP contribution is 2.30. The Bertz CT molecular complexity index is 460. The monoisotopic (exact) mass is 276 g/mol. The Morgan fingerprint density at radius 1 is 1.21 bits per heavy atom. The molecule has 0 radical (unpaired) electrons. The summed E-state index contributed by atoms with van der Waals surface area (Å²) in [7, 11) is -1.60. The van der Waals surface area contributed by atoms with Crippen LogP contribution in [0.5, 0.6) is 5.75 Å². The van der Waals surface area contributed by atoms with Crippen molar-refractivity contribution in [3.05, 3.63) is 23.8 Å². The van der Waals surface area contributed by atoms with Crippen molar-refractivity contribution in [2.75, 3.05) is 13.1 Å². The summed E-state index contributed by atoms with van der Waals surface area (Å²) >= 11 is 0. The van der Waals surface area contributed by atoms with Crippen LogP contribution in [0, 0.1) is 6.92 Å². The van der Waals surface area contributed by atoms with Crippen LogP contribution in [0.25, 0.3) is 0 Å². The Balaban J connectivity index is 2.18. The third-order valence-corrected chi connectivity index (χ3v) is 3.86. The number of likely N-dealkylation sites (tertiary alicyclic amines) is 1. The highest BCUT2D eigenvalue weighted by atomic mass is 28.4. The van der Waals surface area contributed by atoms with Gasteiger partial charge in [0, 0.05) is 13.1 Å². The van der Waals surface area contributed by atoms with E-state index in [-0.39, 0.29) is 0 Å². The first-order chi connectivity index (χ1) is 8.94. The summed E-state index contributed by atoms with van der Waals surface area (Å²) in [6, 6.07) is 6.24. The van der Waals surface area contributed by atoms with Crippen molar-refractivity contribution in [1.82, 2.24) is 4.90 Å². The quantitative estimate of drug-likeness (QED) is 0.472.